The molecule has 2 aromatic carbocycles. The third-order valence-corrected chi connectivity index (χ3v) is 4.69. The van der Waals surface area contributed by atoms with Gasteiger partial charge in [0.1, 0.15) is 0 Å². The van der Waals surface area contributed by atoms with Gasteiger partial charge in [0.05, 0.1) is 18.5 Å². The number of nitrogens with zero attached hydrogens (tertiary/aromatic N) is 3. The van der Waals surface area contributed by atoms with Crippen LogP contribution < -0.4 is 4.74 Å². The zero-order chi connectivity index (χ0) is 19.2. The SMILES string of the molecule is C.CCCC(Cc1nnc(C)c(-c2ccc(O)c(OC)c2)n1)c1ccccc1. The van der Waals surface area contributed by atoms with Crippen molar-refractivity contribution >= 4 is 0 Å². The number of ether oxygens (including phenoxy) is 1. The number of methoxy groups -OCH3 is 1. The first-order valence-corrected chi connectivity index (χ1v) is 9.24. The molecule has 0 aliphatic heterocycles. The van der Waals surface area contributed by atoms with Crippen LogP contribution in [0.1, 0.15) is 50.2 Å². The van der Waals surface area contributed by atoms with Gasteiger partial charge >= 0.3 is 0 Å². The molecule has 0 bridgehead atoms. The number of hydrogen-bond donors (Lipinski definition) is 1. The van der Waals surface area contributed by atoms with E-state index in [1.807, 2.05) is 19.1 Å². The summed E-state index contributed by atoms with van der Waals surface area (Å²) in [5.74, 6) is 1.61. The summed E-state index contributed by atoms with van der Waals surface area (Å²) in [6.07, 6.45) is 2.91. The van der Waals surface area contributed by atoms with Gasteiger partial charge in [-0.05, 0) is 43.0 Å². The first-order chi connectivity index (χ1) is 13.1. The van der Waals surface area contributed by atoms with Gasteiger partial charge in [0, 0.05) is 12.0 Å². The Balaban J connectivity index is 0.00000280. The Morgan fingerprint density at radius 3 is 2.50 bits per heavy atom. The lowest BCUT2D eigenvalue weighted by molar-refractivity contribution is 0.373. The number of aryl methyl sites for hydroxylation is 1. The fraction of sp³-hybridized carbons (Fsp3) is 0.348. The highest BCUT2D eigenvalue weighted by Crippen LogP contribution is 2.32. The third-order valence-electron chi connectivity index (χ3n) is 4.69. The van der Waals surface area contributed by atoms with Crippen LogP contribution in [0, 0.1) is 6.92 Å². The monoisotopic (exact) mass is 379 g/mol. The molecule has 0 amide bonds. The van der Waals surface area contributed by atoms with Gasteiger partial charge in [0.2, 0.25) is 0 Å². The van der Waals surface area contributed by atoms with E-state index in [9.17, 15) is 5.11 Å². The molecule has 0 aliphatic carbocycles. The summed E-state index contributed by atoms with van der Waals surface area (Å²) in [6, 6.07) is 15.7. The average Bonchev–Trinajstić information content (AvgIpc) is 2.70. The summed E-state index contributed by atoms with van der Waals surface area (Å²) >= 11 is 0. The number of phenols is 1. The Bertz CT molecular complexity index is 898. The zero-order valence-electron chi connectivity index (χ0n) is 16.0. The van der Waals surface area contributed by atoms with E-state index in [0.29, 0.717) is 11.7 Å². The number of aromatic hydroxyl groups is 1. The first kappa shape index (κ1) is 21.4. The Labute approximate surface area is 167 Å². The highest BCUT2D eigenvalue weighted by atomic mass is 16.5. The Kier molecular flexibility index (Phi) is 7.50. The molecule has 5 heteroatoms. The minimum Gasteiger partial charge on any atom is -0.504 e. The minimum absolute atomic E-state index is 0. The van der Waals surface area contributed by atoms with Gasteiger partial charge in [0.15, 0.2) is 17.3 Å². The fourth-order valence-electron chi connectivity index (χ4n) is 3.28. The molecule has 1 aromatic heterocycles. The van der Waals surface area contributed by atoms with Crippen molar-refractivity contribution < 1.29 is 9.84 Å². The van der Waals surface area contributed by atoms with Crippen molar-refractivity contribution in [2.45, 2.75) is 46.5 Å². The van der Waals surface area contributed by atoms with Gasteiger partial charge in [-0.15, -0.1) is 5.10 Å². The fourth-order valence-corrected chi connectivity index (χ4v) is 3.28. The number of benzene rings is 2. The third kappa shape index (κ3) is 4.85. The van der Waals surface area contributed by atoms with Crippen LogP contribution in [0.4, 0.5) is 0 Å². The standard InChI is InChI=1S/C22H25N3O2.CH4/c1-4-8-17(16-9-6-5-7-10-16)14-21-23-22(15(2)24-25-21)18-11-12-19(26)20(13-18)27-3;/h5-7,9-13,17,26H,4,8,14H2,1-3H3;1H4. The quantitative estimate of drug-likeness (QED) is 0.601. The molecule has 0 saturated carbocycles. The van der Waals surface area contributed by atoms with Crippen LogP contribution in [-0.4, -0.2) is 27.4 Å². The van der Waals surface area contributed by atoms with Gasteiger partial charge in [0.25, 0.3) is 0 Å². The number of rotatable bonds is 7. The molecule has 3 aromatic rings. The van der Waals surface area contributed by atoms with Gasteiger partial charge < -0.3 is 9.84 Å². The molecule has 1 heterocycles. The van der Waals surface area contributed by atoms with E-state index < -0.39 is 0 Å². The molecule has 1 N–H and O–H groups in total. The Morgan fingerprint density at radius 2 is 1.82 bits per heavy atom. The van der Waals surface area contributed by atoms with Crippen molar-refractivity contribution in [2.75, 3.05) is 7.11 Å². The van der Waals surface area contributed by atoms with Gasteiger partial charge in [-0.25, -0.2) is 4.98 Å². The lowest BCUT2D eigenvalue weighted by atomic mass is 9.91. The molecule has 0 saturated heterocycles. The predicted molar refractivity (Wildman–Crippen MR) is 113 cm³/mol. The molecule has 0 aliphatic rings. The molecule has 5 nitrogen and oxygen atoms in total. The highest BCUT2D eigenvalue weighted by Gasteiger charge is 2.16. The summed E-state index contributed by atoms with van der Waals surface area (Å²) in [6.45, 7) is 4.08. The van der Waals surface area contributed by atoms with Crippen molar-refractivity contribution in [1.29, 1.82) is 0 Å². The molecule has 0 fully saturated rings. The topological polar surface area (TPSA) is 68.1 Å². The largest absolute Gasteiger partial charge is 0.504 e. The predicted octanol–water partition coefficient (Wildman–Crippen LogP) is 5.32. The number of aromatic nitrogens is 3. The molecular formula is C23H29N3O2. The highest BCUT2D eigenvalue weighted by molar-refractivity contribution is 5.65. The summed E-state index contributed by atoms with van der Waals surface area (Å²) < 4.78 is 5.22. The van der Waals surface area contributed by atoms with E-state index in [4.69, 9.17) is 9.72 Å². The second kappa shape index (κ2) is 9.83. The summed E-state index contributed by atoms with van der Waals surface area (Å²) in [7, 11) is 1.53. The van der Waals surface area contributed by atoms with Crippen LogP contribution in [0.15, 0.2) is 48.5 Å². The van der Waals surface area contributed by atoms with Crippen molar-refractivity contribution in [3.05, 3.63) is 65.6 Å². The van der Waals surface area contributed by atoms with Crippen LogP contribution >= 0.6 is 0 Å². The lowest BCUT2D eigenvalue weighted by Gasteiger charge is -2.16. The van der Waals surface area contributed by atoms with Gasteiger partial charge in [-0.3, -0.25) is 0 Å². The summed E-state index contributed by atoms with van der Waals surface area (Å²) in [5, 5.41) is 18.5. The van der Waals surface area contributed by atoms with Crippen LogP contribution in [0.3, 0.4) is 0 Å². The lowest BCUT2D eigenvalue weighted by Crippen LogP contribution is -2.09. The molecule has 148 valence electrons. The van der Waals surface area contributed by atoms with Crippen LogP contribution in [0.25, 0.3) is 11.3 Å². The average molecular weight is 380 g/mol. The van der Waals surface area contributed by atoms with Crippen LogP contribution in [0.2, 0.25) is 0 Å². The minimum atomic E-state index is 0. The number of phenolic OH excluding ortho intramolecular Hbond substituents is 1. The first-order valence-electron chi connectivity index (χ1n) is 9.24. The van der Waals surface area contributed by atoms with Crippen molar-refractivity contribution in [1.82, 2.24) is 15.2 Å². The summed E-state index contributed by atoms with van der Waals surface area (Å²) in [4.78, 5) is 4.78. The van der Waals surface area contributed by atoms with E-state index in [1.54, 1.807) is 12.1 Å². The van der Waals surface area contributed by atoms with Gasteiger partial charge in [-0.1, -0.05) is 51.1 Å². The maximum Gasteiger partial charge on any atom is 0.161 e. The molecule has 0 radical (unpaired) electrons. The second-order valence-corrected chi connectivity index (χ2v) is 6.65. The molecule has 1 atom stereocenters. The normalized spacial score (nSPS) is 11.5. The van der Waals surface area contributed by atoms with Crippen LogP contribution in [0.5, 0.6) is 11.5 Å². The van der Waals surface area contributed by atoms with E-state index in [-0.39, 0.29) is 13.2 Å². The Hall–Kier alpha value is -2.95. The van der Waals surface area contributed by atoms with Crippen molar-refractivity contribution in [3.63, 3.8) is 0 Å². The second-order valence-electron chi connectivity index (χ2n) is 6.65. The maximum absolute atomic E-state index is 9.84. The van der Waals surface area contributed by atoms with E-state index in [2.05, 4.69) is 41.4 Å². The summed E-state index contributed by atoms with van der Waals surface area (Å²) in [5.41, 5.74) is 3.67. The maximum atomic E-state index is 9.84. The molecule has 28 heavy (non-hydrogen) atoms. The van der Waals surface area contributed by atoms with E-state index >= 15 is 0 Å². The molecule has 0 spiro atoms. The van der Waals surface area contributed by atoms with E-state index in [1.165, 1.54) is 12.7 Å². The van der Waals surface area contributed by atoms with E-state index in [0.717, 1.165) is 42.0 Å². The number of hydrogen-bond acceptors (Lipinski definition) is 5. The zero-order valence-corrected chi connectivity index (χ0v) is 16.0. The molecular weight excluding hydrogens is 350 g/mol. The van der Waals surface area contributed by atoms with Crippen LogP contribution in [-0.2, 0) is 6.42 Å². The smallest absolute Gasteiger partial charge is 0.161 e. The van der Waals surface area contributed by atoms with Gasteiger partial charge in [-0.2, -0.15) is 5.10 Å². The molecule has 3 rings (SSSR count). The van der Waals surface area contributed by atoms with Crippen molar-refractivity contribution in [2.24, 2.45) is 0 Å². The Morgan fingerprint density at radius 1 is 1.07 bits per heavy atom. The van der Waals surface area contributed by atoms with Crippen molar-refractivity contribution in [3.8, 4) is 22.8 Å². The molecule has 1 unspecified atom stereocenters.